The number of nitrogens with one attached hydrogen (secondary N) is 1. The third-order valence-corrected chi connectivity index (χ3v) is 3.63. The number of nitrogens with zero attached hydrogens (tertiary/aromatic N) is 2. The first-order chi connectivity index (χ1) is 9.97. The van der Waals surface area contributed by atoms with Gasteiger partial charge in [-0.15, -0.1) is 0 Å². The lowest BCUT2D eigenvalue weighted by Gasteiger charge is -2.26. The van der Waals surface area contributed by atoms with Crippen LogP contribution in [0.5, 0.6) is 0 Å². The molecule has 0 saturated heterocycles. The van der Waals surface area contributed by atoms with E-state index in [4.69, 9.17) is 5.11 Å². The zero-order chi connectivity index (χ0) is 15.4. The van der Waals surface area contributed by atoms with E-state index in [9.17, 15) is 20.0 Å². The number of aromatic carboxylic acids is 1. The minimum absolute atomic E-state index is 0.119. The zero-order valence-corrected chi connectivity index (χ0v) is 11.4. The number of carboxylic acids is 1. The number of carboxylic acid groups (broad SMARTS) is 1. The van der Waals surface area contributed by atoms with Crippen molar-refractivity contribution in [1.82, 2.24) is 4.98 Å². The number of carbonyl (C=O) groups is 1. The molecule has 8 nitrogen and oxygen atoms in total. The fourth-order valence-corrected chi connectivity index (χ4v) is 2.55. The smallest absolute Gasteiger partial charge is 0.339 e. The van der Waals surface area contributed by atoms with E-state index in [0.717, 1.165) is 31.5 Å². The maximum atomic E-state index is 11.2. The Morgan fingerprint density at radius 1 is 1.52 bits per heavy atom. The number of hydrogen-bond donors (Lipinski definition) is 3. The van der Waals surface area contributed by atoms with E-state index in [2.05, 4.69) is 10.3 Å². The summed E-state index contributed by atoms with van der Waals surface area (Å²) in [7, 11) is 0. The summed E-state index contributed by atoms with van der Waals surface area (Å²) in [6, 6.07) is 0.993. The predicted octanol–water partition coefficient (Wildman–Crippen LogP) is 1.65. The summed E-state index contributed by atoms with van der Waals surface area (Å²) in [6.45, 7) is 0.488. The molecule has 3 N–H and O–H groups in total. The van der Waals surface area contributed by atoms with Crippen molar-refractivity contribution in [2.24, 2.45) is 5.92 Å². The molecule has 1 heterocycles. The van der Waals surface area contributed by atoms with Gasteiger partial charge in [0.1, 0.15) is 17.6 Å². The van der Waals surface area contributed by atoms with Gasteiger partial charge in [0.15, 0.2) is 0 Å². The quantitative estimate of drug-likeness (QED) is 0.557. The van der Waals surface area contributed by atoms with Gasteiger partial charge >= 0.3 is 5.97 Å². The highest BCUT2D eigenvalue weighted by atomic mass is 16.6. The first-order valence-electron chi connectivity index (χ1n) is 6.77. The number of anilines is 1. The van der Waals surface area contributed by atoms with Crippen molar-refractivity contribution in [3.05, 3.63) is 27.9 Å². The Bertz CT molecular complexity index is 549. The van der Waals surface area contributed by atoms with Crippen LogP contribution in [0.4, 0.5) is 11.5 Å². The van der Waals surface area contributed by atoms with Gasteiger partial charge in [0, 0.05) is 12.6 Å². The standard InChI is InChI=1S/C13H17N3O5/c17-10-3-1-2-8(4-10)6-14-12-11(13(18)19)5-9(7-15-12)16(20)21/h5,7-8,10,17H,1-4,6H2,(H,14,15)(H,18,19). The minimum atomic E-state index is -1.27. The van der Waals surface area contributed by atoms with E-state index in [0.29, 0.717) is 13.0 Å². The molecule has 0 bridgehead atoms. The van der Waals surface area contributed by atoms with Crippen molar-refractivity contribution in [3.63, 3.8) is 0 Å². The summed E-state index contributed by atoms with van der Waals surface area (Å²) in [5, 5.41) is 32.3. The Kier molecular flexibility index (Phi) is 4.69. The van der Waals surface area contributed by atoms with Crippen molar-refractivity contribution in [3.8, 4) is 0 Å². The molecule has 0 spiro atoms. The molecule has 1 fully saturated rings. The Morgan fingerprint density at radius 3 is 2.90 bits per heavy atom. The molecule has 0 aliphatic heterocycles. The first kappa shape index (κ1) is 15.2. The number of nitro groups is 1. The van der Waals surface area contributed by atoms with E-state index in [1.54, 1.807) is 0 Å². The molecule has 2 rings (SSSR count). The van der Waals surface area contributed by atoms with Gasteiger partial charge in [0.25, 0.3) is 5.69 Å². The average Bonchev–Trinajstić information content (AvgIpc) is 2.44. The molecule has 2 unspecified atom stereocenters. The predicted molar refractivity (Wildman–Crippen MR) is 74.3 cm³/mol. The molecular formula is C13H17N3O5. The molecule has 0 aromatic carbocycles. The summed E-state index contributed by atoms with van der Waals surface area (Å²) >= 11 is 0. The number of aromatic nitrogens is 1. The SMILES string of the molecule is O=C(O)c1cc([N+](=O)[O-])cnc1NCC1CCCC(O)C1. The van der Waals surface area contributed by atoms with Crippen LogP contribution in [0.2, 0.25) is 0 Å². The van der Waals surface area contributed by atoms with Gasteiger partial charge in [-0.2, -0.15) is 0 Å². The van der Waals surface area contributed by atoms with Crippen LogP contribution in [0, 0.1) is 16.0 Å². The van der Waals surface area contributed by atoms with Crippen LogP contribution in [0.25, 0.3) is 0 Å². The Hall–Kier alpha value is -2.22. The van der Waals surface area contributed by atoms with E-state index in [1.165, 1.54) is 0 Å². The van der Waals surface area contributed by atoms with Gasteiger partial charge in [-0.05, 0) is 25.2 Å². The highest BCUT2D eigenvalue weighted by molar-refractivity contribution is 5.93. The third-order valence-electron chi connectivity index (χ3n) is 3.63. The molecule has 1 aliphatic rings. The van der Waals surface area contributed by atoms with Crippen LogP contribution in [0.1, 0.15) is 36.0 Å². The lowest BCUT2D eigenvalue weighted by molar-refractivity contribution is -0.385. The average molecular weight is 295 g/mol. The summed E-state index contributed by atoms with van der Waals surface area (Å²) in [5.41, 5.74) is -0.577. The molecule has 1 aromatic heterocycles. The summed E-state index contributed by atoms with van der Waals surface area (Å²) in [5.74, 6) is -0.905. The largest absolute Gasteiger partial charge is 0.478 e. The molecule has 0 amide bonds. The Labute approximate surface area is 121 Å². The van der Waals surface area contributed by atoms with Gasteiger partial charge in [-0.1, -0.05) is 6.42 Å². The maximum Gasteiger partial charge on any atom is 0.339 e. The lowest BCUT2D eigenvalue weighted by Crippen LogP contribution is -2.25. The molecule has 1 aliphatic carbocycles. The first-order valence-corrected chi connectivity index (χ1v) is 6.77. The summed E-state index contributed by atoms with van der Waals surface area (Å²) in [6.07, 6.45) is 4.08. The van der Waals surface area contributed by atoms with Crippen LogP contribution in [-0.2, 0) is 0 Å². The normalized spacial score (nSPS) is 21.8. The number of aliphatic hydroxyl groups is 1. The molecule has 21 heavy (non-hydrogen) atoms. The highest BCUT2D eigenvalue weighted by Crippen LogP contribution is 2.25. The number of aliphatic hydroxyl groups excluding tert-OH is 1. The van der Waals surface area contributed by atoms with Crippen molar-refractivity contribution >= 4 is 17.5 Å². The van der Waals surface area contributed by atoms with E-state index in [-0.39, 0.29) is 29.1 Å². The topological polar surface area (TPSA) is 126 Å². The van der Waals surface area contributed by atoms with Crippen LogP contribution >= 0.6 is 0 Å². The molecule has 1 saturated carbocycles. The van der Waals surface area contributed by atoms with Gasteiger partial charge in [-0.3, -0.25) is 10.1 Å². The Morgan fingerprint density at radius 2 is 2.29 bits per heavy atom. The molecule has 1 aromatic rings. The Balaban J connectivity index is 2.08. The lowest BCUT2D eigenvalue weighted by atomic mass is 9.87. The van der Waals surface area contributed by atoms with Crippen LogP contribution < -0.4 is 5.32 Å². The van der Waals surface area contributed by atoms with Gasteiger partial charge in [0.05, 0.1) is 11.0 Å². The fourth-order valence-electron chi connectivity index (χ4n) is 2.55. The number of hydrogen-bond acceptors (Lipinski definition) is 6. The molecule has 8 heteroatoms. The van der Waals surface area contributed by atoms with Gasteiger partial charge < -0.3 is 15.5 Å². The zero-order valence-electron chi connectivity index (χ0n) is 11.4. The van der Waals surface area contributed by atoms with Gasteiger partial charge in [0.2, 0.25) is 0 Å². The molecule has 2 atom stereocenters. The second-order valence-corrected chi connectivity index (χ2v) is 5.22. The van der Waals surface area contributed by atoms with E-state index in [1.807, 2.05) is 0 Å². The maximum absolute atomic E-state index is 11.2. The highest BCUT2D eigenvalue weighted by Gasteiger charge is 2.22. The second kappa shape index (κ2) is 6.49. The van der Waals surface area contributed by atoms with Gasteiger partial charge in [-0.25, -0.2) is 9.78 Å². The molecule has 114 valence electrons. The van der Waals surface area contributed by atoms with Crippen LogP contribution in [0.3, 0.4) is 0 Å². The van der Waals surface area contributed by atoms with Crippen molar-refractivity contribution in [1.29, 1.82) is 0 Å². The van der Waals surface area contributed by atoms with Crippen LogP contribution in [-0.4, -0.2) is 38.7 Å². The summed E-state index contributed by atoms with van der Waals surface area (Å²) in [4.78, 5) is 25.0. The monoisotopic (exact) mass is 295 g/mol. The third kappa shape index (κ3) is 3.88. The molecular weight excluding hydrogens is 278 g/mol. The van der Waals surface area contributed by atoms with Crippen molar-refractivity contribution in [2.75, 3.05) is 11.9 Å². The van der Waals surface area contributed by atoms with E-state index < -0.39 is 10.9 Å². The van der Waals surface area contributed by atoms with E-state index >= 15 is 0 Å². The van der Waals surface area contributed by atoms with Crippen LogP contribution in [0.15, 0.2) is 12.3 Å². The van der Waals surface area contributed by atoms with Crippen molar-refractivity contribution in [2.45, 2.75) is 31.8 Å². The second-order valence-electron chi connectivity index (χ2n) is 5.22. The molecule has 0 radical (unpaired) electrons. The summed E-state index contributed by atoms with van der Waals surface area (Å²) < 4.78 is 0. The fraction of sp³-hybridized carbons (Fsp3) is 0.538. The number of pyridine rings is 1. The minimum Gasteiger partial charge on any atom is -0.478 e. The number of rotatable bonds is 5. The van der Waals surface area contributed by atoms with Crippen molar-refractivity contribution < 1.29 is 19.9 Å².